The van der Waals surface area contributed by atoms with Crippen LogP contribution >= 0.6 is 0 Å². The Morgan fingerprint density at radius 2 is 1.74 bits per heavy atom. The molecule has 5 aromatic rings. The van der Waals surface area contributed by atoms with Crippen molar-refractivity contribution >= 4 is 32.7 Å². The van der Waals surface area contributed by atoms with Crippen molar-refractivity contribution in [2.75, 3.05) is 0 Å². The van der Waals surface area contributed by atoms with E-state index >= 15 is 0 Å². The number of rotatable bonds is 1. The molecule has 0 spiro atoms. The first-order valence-corrected chi connectivity index (χ1v) is 8.73. The summed E-state index contributed by atoms with van der Waals surface area (Å²) in [7, 11) is 1.96. The maximum atomic E-state index is 14.9. The first kappa shape index (κ1) is 15.9. The second-order valence-corrected chi connectivity index (χ2v) is 6.86. The SMILES string of the molecule is Cc1cc(F)c2c(oc3cc(F)ccc32)c1-c1c2ccccc2cc[n+]1C. The van der Waals surface area contributed by atoms with Crippen molar-refractivity contribution in [1.82, 2.24) is 0 Å². The van der Waals surface area contributed by atoms with E-state index in [9.17, 15) is 8.78 Å². The number of furan rings is 1. The lowest BCUT2D eigenvalue weighted by atomic mass is 9.96. The fourth-order valence-corrected chi connectivity index (χ4v) is 3.92. The van der Waals surface area contributed by atoms with Crippen molar-refractivity contribution in [1.29, 1.82) is 0 Å². The van der Waals surface area contributed by atoms with Gasteiger partial charge in [0.05, 0.1) is 16.3 Å². The van der Waals surface area contributed by atoms with Crippen molar-refractivity contribution in [2.24, 2.45) is 7.05 Å². The molecule has 0 fully saturated rings. The van der Waals surface area contributed by atoms with Crippen molar-refractivity contribution in [2.45, 2.75) is 6.92 Å². The lowest BCUT2D eigenvalue weighted by molar-refractivity contribution is -0.659. The monoisotopic (exact) mass is 360 g/mol. The molecule has 2 aromatic heterocycles. The van der Waals surface area contributed by atoms with E-state index < -0.39 is 5.82 Å². The number of fused-ring (bicyclic) bond motifs is 4. The Hall–Kier alpha value is -3.27. The van der Waals surface area contributed by atoms with E-state index in [1.165, 1.54) is 18.2 Å². The van der Waals surface area contributed by atoms with Gasteiger partial charge in [-0.05, 0) is 42.1 Å². The van der Waals surface area contributed by atoms with Gasteiger partial charge >= 0.3 is 0 Å². The molecule has 3 aromatic carbocycles. The number of hydrogen-bond donors (Lipinski definition) is 0. The smallest absolute Gasteiger partial charge is 0.224 e. The molecule has 0 aliphatic rings. The summed E-state index contributed by atoms with van der Waals surface area (Å²) in [5.74, 6) is -0.768. The van der Waals surface area contributed by atoms with Gasteiger partial charge in [-0.25, -0.2) is 13.3 Å². The Labute approximate surface area is 154 Å². The van der Waals surface area contributed by atoms with Crippen molar-refractivity contribution in [3.05, 3.63) is 78.0 Å². The van der Waals surface area contributed by atoms with Crippen LogP contribution in [0, 0.1) is 18.6 Å². The molecule has 132 valence electrons. The van der Waals surface area contributed by atoms with Crippen LogP contribution in [0.5, 0.6) is 0 Å². The zero-order valence-electron chi connectivity index (χ0n) is 14.9. The minimum absolute atomic E-state index is 0.346. The fourth-order valence-electron chi connectivity index (χ4n) is 3.92. The van der Waals surface area contributed by atoms with E-state index in [0.717, 1.165) is 27.6 Å². The van der Waals surface area contributed by atoms with Crippen molar-refractivity contribution < 1.29 is 17.8 Å². The van der Waals surface area contributed by atoms with E-state index in [2.05, 4.69) is 0 Å². The van der Waals surface area contributed by atoms with Gasteiger partial charge in [0.15, 0.2) is 11.8 Å². The molecule has 0 aliphatic heterocycles. The number of pyridine rings is 1. The van der Waals surface area contributed by atoms with Crippen LogP contribution in [0.25, 0.3) is 44.0 Å². The van der Waals surface area contributed by atoms with Gasteiger partial charge in [-0.3, -0.25) is 0 Å². The summed E-state index contributed by atoms with van der Waals surface area (Å²) in [6, 6.07) is 15.8. The van der Waals surface area contributed by atoms with Gasteiger partial charge < -0.3 is 4.42 Å². The van der Waals surface area contributed by atoms with Gasteiger partial charge in [-0.1, -0.05) is 18.2 Å². The number of nitrogens with zero attached hydrogens (tertiary/aromatic N) is 1. The summed E-state index contributed by atoms with van der Waals surface area (Å²) in [6.45, 7) is 1.87. The van der Waals surface area contributed by atoms with Crippen LogP contribution in [0.4, 0.5) is 8.78 Å². The molecule has 0 atom stereocenters. The molecule has 0 aliphatic carbocycles. The predicted octanol–water partition coefficient (Wildman–Crippen LogP) is 5.82. The third-order valence-corrected chi connectivity index (χ3v) is 5.14. The van der Waals surface area contributed by atoms with Crippen LogP contribution in [-0.2, 0) is 7.05 Å². The molecule has 0 unspecified atom stereocenters. The van der Waals surface area contributed by atoms with Gasteiger partial charge in [-0.2, -0.15) is 0 Å². The van der Waals surface area contributed by atoms with Crippen LogP contribution in [0.2, 0.25) is 0 Å². The minimum atomic E-state index is -0.407. The molecule has 2 nitrogen and oxygen atoms in total. The molecule has 2 heterocycles. The Bertz CT molecular complexity index is 1370. The number of benzene rings is 3. The van der Waals surface area contributed by atoms with Crippen molar-refractivity contribution in [3.63, 3.8) is 0 Å². The molecule has 4 heteroatoms. The first-order valence-electron chi connectivity index (χ1n) is 8.73. The van der Waals surface area contributed by atoms with Gasteiger partial charge in [0.25, 0.3) is 0 Å². The largest absolute Gasteiger partial charge is 0.455 e. The van der Waals surface area contributed by atoms with Gasteiger partial charge in [0.1, 0.15) is 24.3 Å². The van der Waals surface area contributed by atoms with Gasteiger partial charge in [0, 0.05) is 17.5 Å². The van der Waals surface area contributed by atoms with Gasteiger partial charge in [-0.15, -0.1) is 0 Å². The summed E-state index contributed by atoms with van der Waals surface area (Å²) >= 11 is 0. The van der Waals surface area contributed by atoms with Crippen LogP contribution in [0.3, 0.4) is 0 Å². The standard InChI is InChI=1S/C23H16F2NO/c1-13-11-18(25)21-17-8-7-15(24)12-19(17)27-23(21)20(13)22-16-6-4-3-5-14(16)9-10-26(22)2/h3-12H,1-2H3/q+1. The number of halogens is 2. The summed E-state index contributed by atoms with van der Waals surface area (Å²) in [4.78, 5) is 0. The summed E-state index contributed by atoms with van der Waals surface area (Å²) in [5.41, 5.74) is 3.32. The van der Waals surface area contributed by atoms with Crippen LogP contribution in [0.1, 0.15) is 5.56 Å². The molecule has 0 radical (unpaired) electrons. The minimum Gasteiger partial charge on any atom is -0.455 e. The van der Waals surface area contributed by atoms with E-state index in [1.807, 2.05) is 55.1 Å². The lowest BCUT2D eigenvalue weighted by Crippen LogP contribution is -2.30. The zero-order valence-corrected chi connectivity index (χ0v) is 14.9. The van der Waals surface area contributed by atoms with Crippen LogP contribution in [-0.4, -0.2) is 0 Å². The Kier molecular flexibility index (Phi) is 3.31. The second kappa shape index (κ2) is 5.61. The first-order chi connectivity index (χ1) is 13.0. The van der Waals surface area contributed by atoms with Crippen LogP contribution < -0.4 is 4.57 Å². The maximum Gasteiger partial charge on any atom is 0.224 e. The fraction of sp³-hybridized carbons (Fsp3) is 0.0870. The molecular formula is C23H16F2NO+. The Morgan fingerprint density at radius 3 is 2.59 bits per heavy atom. The molecule has 0 saturated carbocycles. The third kappa shape index (κ3) is 2.26. The van der Waals surface area contributed by atoms with E-state index in [4.69, 9.17) is 4.42 Å². The molecular weight excluding hydrogens is 344 g/mol. The average Bonchev–Trinajstić information content (AvgIpc) is 3.02. The highest BCUT2D eigenvalue weighted by atomic mass is 19.1. The summed E-state index contributed by atoms with van der Waals surface area (Å²) in [6.07, 6.45) is 1.98. The lowest BCUT2D eigenvalue weighted by Gasteiger charge is -2.09. The summed E-state index contributed by atoms with van der Waals surface area (Å²) < 4.78 is 36.5. The van der Waals surface area contributed by atoms with E-state index in [0.29, 0.717) is 21.9 Å². The normalized spacial score (nSPS) is 11.7. The number of aryl methyl sites for hydroxylation is 2. The number of hydrogen-bond acceptors (Lipinski definition) is 1. The highest BCUT2D eigenvalue weighted by Gasteiger charge is 2.25. The molecule has 0 N–H and O–H groups in total. The zero-order chi connectivity index (χ0) is 18.7. The quantitative estimate of drug-likeness (QED) is 0.344. The van der Waals surface area contributed by atoms with Gasteiger partial charge in [0.2, 0.25) is 5.69 Å². The highest BCUT2D eigenvalue weighted by Crippen LogP contribution is 2.40. The highest BCUT2D eigenvalue weighted by molar-refractivity contribution is 6.12. The Morgan fingerprint density at radius 1 is 0.926 bits per heavy atom. The average molecular weight is 360 g/mol. The maximum absolute atomic E-state index is 14.9. The molecule has 0 saturated heterocycles. The summed E-state index contributed by atoms with van der Waals surface area (Å²) in [5, 5.41) is 3.10. The molecule has 5 rings (SSSR count). The second-order valence-electron chi connectivity index (χ2n) is 6.86. The topological polar surface area (TPSA) is 17.0 Å². The predicted molar refractivity (Wildman–Crippen MR) is 102 cm³/mol. The van der Waals surface area contributed by atoms with Crippen molar-refractivity contribution in [3.8, 4) is 11.3 Å². The van der Waals surface area contributed by atoms with E-state index in [-0.39, 0.29) is 5.82 Å². The van der Waals surface area contributed by atoms with E-state index in [1.54, 1.807) is 6.07 Å². The van der Waals surface area contributed by atoms with Crippen LogP contribution in [0.15, 0.2) is 65.2 Å². The molecule has 0 amide bonds. The Balaban J connectivity index is 2.01. The molecule has 0 bridgehead atoms. The number of aromatic nitrogens is 1. The third-order valence-electron chi connectivity index (χ3n) is 5.14. The molecule has 27 heavy (non-hydrogen) atoms.